The van der Waals surface area contributed by atoms with E-state index >= 15 is 0 Å². The number of nitrogens with one attached hydrogen (secondary N) is 1. The molecule has 0 aliphatic carbocycles. The number of rotatable bonds is 2. The van der Waals surface area contributed by atoms with Crippen molar-refractivity contribution < 1.29 is 4.92 Å². The third-order valence-electron chi connectivity index (χ3n) is 2.39. The quantitative estimate of drug-likeness (QED) is 0.647. The minimum Gasteiger partial charge on any atom is -0.310 e. The van der Waals surface area contributed by atoms with Crippen LogP contribution in [-0.4, -0.2) is 11.5 Å². The van der Waals surface area contributed by atoms with Gasteiger partial charge in [-0.15, -0.1) is 12.4 Å². The second kappa shape index (κ2) is 4.79. The number of halogens is 2. The van der Waals surface area contributed by atoms with Gasteiger partial charge in [0.2, 0.25) is 0 Å². The van der Waals surface area contributed by atoms with Crippen LogP contribution in [0.5, 0.6) is 0 Å². The SMILES string of the molecule is Cl.O=[N+]([O-])c1cc([C@@H]2CCN2)ccc1Cl. The average molecular weight is 249 g/mol. The number of benzene rings is 1. The zero-order valence-corrected chi connectivity index (χ0v) is 9.35. The van der Waals surface area contributed by atoms with Crippen LogP contribution in [0.4, 0.5) is 5.69 Å². The number of hydrogen-bond acceptors (Lipinski definition) is 3. The maximum Gasteiger partial charge on any atom is 0.288 e. The Kier molecular flexibility index (Phi) is 3.90. The molecule has 1 aromatic rings. The molecule has 82 valence electrons. The normalized spacial score (nSPS) is 18.9. The smallest absolute Gasteiger partial charge is 0.288 e. The van der Waals surface area contributed by atoms with E-state index in [1.165, 1.54) is 0 Å². The van der Waals surface area contributed by atoms with Crippen LogP contribution in [0.25, 0.3) is 0 Å². The van der Waals surface area contributed by atoms with Gasteiger partial charge in [0, 0.05) is 12.1 Å². The summed E-state index contributed by atoms with van der Waals surface area (Å²) in [5.41, 5.74) is 0.921. The molecule has 0 unspecified atom stereocenters. The highest BCUT2D eigenvalue weighted by atomic mass is 35.5. The largest absolute Gasteiger partial charge is 0.310 e. The van der Waals surface area contributed by atoms with Crippen molar-refractivity contribution >= 4 is 29.7 Å². The maximum absolute atomic E-state index is 10.6. The van der Waals surface area contributed by atoms with Crippen molar-refractivity contribution in [3.8, 4) is 0 Å². The van der Waals surface area contributed by atoms with Crippen molar-refractivity contribution in [2.45, 2.75) is 12.5 Å². The molecule has 1 heterocycles. The van der Waals surface area contributed by atoms with Gasteiger partial charge in [-0.3, -0.25) is 10.1 Å². The highest BCUT2D eigenvalue weighted by Gasteiger charge is 2.21. The maximum atomic E-state index is 10.6. The third-order valence-corrected chi connectivity index (χ3v) is 2.71. The van der Waals surface area contributed by atoms with Gasteiger partial charge in [0.1, 0.15) is 5.02 Å². The lowest BCUT2D eigenvalue weighted by molar-refractivity contribution is -0.384. The molecule has 4 nitrogen and oxygen atoms in total. The summed E-state index contributed by atoms with van der Waals surface area (Å²) in [5.74, 6) is 0. The van der Waals surface area contributed by atoms with Gasteiger partial charge in [-0.1, -0.05) is 17.7 Å². The molecule has 0 amide bonds. The van der Waals surface area contributed by atoms with E-state index in [9.17, 15) is 10.1 Å². The molecular formula is C9H10Cl2N2O2. The Hall–Kier alpha value is -0.840. The molecule has 6 heteroatoms. The van der Waals surface area contributed by atoms with E-state index in [0.717, 1.165) is 18.5 Å². The second-order valence-electron chi connectivity index (χ2n) is 3.26. The molecule has 1 saturated heterocycles. The highest BCUT2D eigenvalue weighted by molar-refractivity contribution is 6.32. The van der Waals surface area contributed by atoms with Gasteiger partial charge in [0.05, 0.1) is 4.92 Å². The lowest BCUT2D eigenvalue weighted by Crippen LogP contribution is -2.34. The molecule has 0 radical (unpaired) electrons. The van der Waals surface area contributed by atoms with Gasteiger partial charge in [-0.2, -0.15) is 0 Å². The molecule has 15 heavy (non-hydrogen) atoms. The molecule has 1 N–H and O–H groups in total. The van der Waals surface area contributed by atoms with Crippen molar-refractivity contribution in [3.05, 3.63) is 38.9 Å². The summed E-state index contributed by atoms with van der Waals surface area (Å²) in [4.78, 5) is 10.1. The van der Waals surface area contributed by atoms with Crippen LogP contribution in [0, 0.1) is 10.1 Å². The Morgan fingerprint density at radius 2 is 2.20 bits per heavy atom. The Balaban J connectivity index is 0.00000112. The van der Waals surface area contributed by atoms with Gasteiger partial charge >= 0.3 is 0 Å². The Bertz CT molecular complexity index is 380. The Morgan fingerprint density at radius 1 is 1.53 bits per heavy atom. The fraction of sp³-hybridized carbons (Fsp3) is 0.333. The first-order valence-electron chi connectivity index (χ1n) is 4.35. The molecule has 0 spiro atoms. The van der Waals surface area contributed by atoms with Crippen LogP contribution in [0.1, 0.15) is 18.0 Å². The predicted molar refractivity (Wildman–Crippen MR) is 60.7 cm³/mol. The zero-order chi connectivity index (χ0) is 10.1. The monoisotopic (exact) mass is 248 g/mol. The summed E-state index contributed by atoms with van der Waals surface area (Å²) in [6, 6.07) is 5.20. The summed E-state index contributed by atoms with van der Waals surface area (Å²) in [7, 11) is 0. The summed E-state index contributed by atoms with van der Waals surface area (Å²) < 4.78 is 0. The lowest BCUT2D eigenvalue weighted by atomic mass is 9.98. The molecule has 1 fully saturated rings. The van der Waals surface area contributed by atoms with Crippen molar-refractivity contribution in [1.29, 1.82) is 0 Å². The van der Waals surface area contributed by atoms with Gasteiger partial charge in [0.25, 0.3) is 5.69 Å². The first-order valence-corrected chi connectivity index (χ1v) is 4.73. The summed E-state index contributed by atoms with van der Waals surface area (Å²) in [6.07, 6.45) is 1.03. The van der Waals surface area contributed by atoms with Crippen LogP contribution < -0.4 is 5.32 Å². The van der Waals surface area contributed by atoms with Crippen LogP contribution >= 0.6 is 24.0 Å². The molecule has 0 aromatic heterocycles. The standard InChI is InChI=1S/C9H9ClN2O2.ClH/c10-7-2-1-6(8-3-4-11-8)5-9(7)12(13)14;/h1-2,5,8,11H,3-4H2;1H/t8-;/m0./s1. The minimum absolute atomic E-state index is 0. The van der Waals surface area contributed by atoms with Crippen molar-refractivity contribution in [1.82, 2.24) is 5.32 Å². The van der Waals surface area contributed by atoms with Gasteiger partial charge in [-0.05, 0) is 24.6 Å². The fourth-order valence-electron chi connectivity index (χ4n) is 1.46. The molecule has 0 saturated carbocycles. The average Bonchev–Trinajstić information content (AvgIpc) is 2.04. The molecule has 1 atom stereocenters. The van der Waals surface area contributed by atoms with Crippen molar-refractivity contribution in [3.63, 3.8) is 0 Å². The van der Waals surface area contributed by atoms with Gasteiger partial charge in [0.15, 0.2) is 0 Å². The number of hydrogen-bond donors (Lipinski definition) is 1. The first-order chi connectivity index (χ1) is 6.68. The van der Waals surface area contributed by atoms with Crippen LogP contribution in [0.2, 0.25) is 5.02 Å². The Morgan fingerprint density at radius 3 is 2.67 bits per heavy atom. The first kappa shape index (κ1) is 12.2. The molecule has 0 bridgehead atoms. The predicted octanol–water partition coefficient (Wildman–Crippen LogP) is 2.70. The van der Waals surface area contributed by atoms with E-state index in [4.69, 9.17) is 11.6 Å². The molecule has 2 rings (SSSR count). The minimum atomic E-state index is -0.454. The molecule has 1 aliphatic rings. The number of nitro benzene ring substituents is 1. The highest BCUT2D eigenvalue weighted by Crippen LogP contribution is 2.30. The molecule has 1 aliphatic heterocycles. The van der Waals surface area contributed by atoms with E-state index < -0.39 is 4.92 Å². The van der Waals surface area contributed by atoms with E-state index in [1.807, 2.05) is 6.07 Å². The molecule has 1 aromatic carbocycles. The third kappa shape index (κ3) is 2.40. The fourth-order valence-corrected chi connectivity index (χ4v) is 1.65. The Labute approximate surface area is 98.2 Å². The molecular weight excluding hydrogens is 239 g/mol. The van der Waals surface area contributed by atoms with Crippen LogP contribution in [-0.2, 0) is 0 Å². The van der Waals surface area contributed by atoms with Crippen LogP contribution in [0.15, 0.2) is 18.2 Å². The summed E-state index contributed by atoms with van der Waals surface area (Å²) in [6.45, 7) is 0.973. The van der Waals surface area contributed by atoms with Crippen molar-refractivity contribution in [2.75, 3.05) is 6.54 Å². The lowest BCUT2D eigenvalue weighted by Gasteiger charge is -2.27. The van der Waals surface area contributed by atoms with E-state index in [0.29, 0.717) is 0 Å². The van der Waals surface area contributed by atoms with Gasteiger partial charge in [-0.25, -0.2) is 0 Å². The topological polar surface area (TPSA) is 55.2 Å². The number of nitrogens with zero attached hydrogens (tertiary/aromatic N) is 1. The van der Waals surface area contributed by atoms with E-state index in [2.05, 4.69) is 5.32 Å². The summed E-state index contributed by atoms with van der Waals surface area (Å²) in [5, 5.41) is 14.0. The van der Waals surface area contributed by atoms with E-state index in [1.54, 1.807) is 12.1 Å². The zero-order valence-electron chi connectivity index (χ0n) is 7.77. The van der Waals surface area contributed by atoms with Crippen molar-refractivity contribution in [2.24, 2.45) is 0 Å². The van der Waals surface area contributed by atoms with Gasteiger partial charge < -0.3 is 5.32 Å². The van der Waals surface area contributed by atoms with E-state index in [-0.39, 0.29) is 29.2 Å². The van der Waals surface area contributed by atoms with Crippen LogP contribution in [0.3, 0.4) is 0 Å². The number of nitro groups is 1. The summed E-state index contributed by atoms with van der Waals surface area (Å²) >= 11 is 5.70. The second-order valence-corrected chi connectivity index (χ2v) is 3.67.